The summed E-state index contributed by atoms with van der Waals surface area (Å²) in [6.45, 7) is 0. The van der Waals surface area contributed by atoms with Crippen molar-refractivity contribution in [3.05, 3.63) is 106 Å². The molecular weight excluding hydrogens is 476 g/mol. The lowest BCUT2D eigenvalue weighted by molar-refractivity contribution is 0.0972. The van der Waals surface area contributed by atoms with E-state index in [0.29, 0.717) is 16.6 Å². The highest BCUT2D eigenvalue weighted by Crippen LogP contribution is 2.34. The Morgan fingerprint density at radius 1 is 0.974 bits per heavy atom. The molecule has 4 aromatic carbocycles. The normalized spacial score (nSPS) is 12.0. The second kappa shape index (κ2) is 9.94. The Morgan fingerprint density at radius 2 is 1.66 bits per heavy atom. The first-order valence-corrected chi connectivity index (χ1v) is 12.4. The predicted octanol–water partition coefficient (Wildman–Crippen LogP) is 5.47. The number of para-hydroxylation sites is 1. The molecule has 38 heavy (non-hydrogen) atoms. The van der Waals surface area contributed by atoms with Crippen LogP contribution in [0.3, 0.4) is 0 Å². The molecule has 0 saturated carbocycles. The fourth-order valence-electron chi connectivity index (χ4n) is 4.95. The largest absolute Gasteiger partial charge is 0.506 e. The van der Waals surface area contributed by atoms with Gasteiger partial charge in [0.25, 0.3) is 5.56 Å². The van der Waals surface area contributed by atoms with Crippen LogP contribution in [-0.2, 0) is 7.05 Å². The van der Waals surface area contributed by atoms with E-state index in [0.717, 1.165) is 27.7 Å². The second-order valence-corrected chi connectivity index (χ2v) is 9.67. The fourth-order valence-corrected chi connectivity index (χ4v) is 4.95. The highest BCUT2D eigenvalue weighted by molar-refractivity contribution is 6.05. The highest BCUT2D eigenvalue weighted by Gasteiger charge is 2.25. The number of anilines is 3. The molecule has 0 aliphatic heterocycles. The van der Waals surface area contributed by atoms with Gasteiger partial charge in [0, 0.05) is 55.4 Å². The number of Topliss-reactive ketones (excluding diaryl/α,β-unsaturated/α-hetero) is 1. The first-order chi connectivity index (χ1) is 18.3. The molecule has 0 saturated heterocycles. The monoisotopic (exact) mass is 506 g/mol. The van der Waals surface area contributed by atoms with Crippen LogP contribution in [0, 0.1) is 0 Å². The van der Waals surface area contributed by atoms with Crippen molar-refractivity contribution >= 4 is 44.5 Å². The van der Waals surface area contributed by atoms with Crippen LogP contribution in [-0.4, -0.2) is 29.6 Å². The van der Waals surface area contributed by atoms with Gasteiger partial charge in [0.1, 0.15) is 11.3 Å². The Hall–Kier alpha value is -4.78. The number of aryl methyl sites for hydroxylation is 1. The van der Waals surface area contributed by atoms with Crippen LogP contribution in [0.15, 0.2) is 89.7 Å². The van der Waals surface area contributed by atoms with Gasteiger partial charge in [-0.15, -0.1) is 0 Å². The van der Waals surface area contributed by atoms with Gasteiger partial charge in [0.2, 0.25) is 0 Å². The number of aromatic nitrogens is 1. The summed E-state index contributed by atoms with van der Waals surface area (Å²) in [4.78, 5) is 28.9. The Labute approximate surface area is 220 Å². The van der Waals surface area contributed by atoms with Crippen LogP contribution in [0.2, 0.25) is 0 Å². The van der Waals surface area contributed by atoms with Crippen molar-refractivity contribution in [1.29, 1.82) is 0 Å². The van der Waals surface area contributed by atoms with Gasteiger partial charge in [-0.25, -0.2) is 0 Å². The summed E-state index contributed by atoms with van der Waals surface area (Å²) in [6, 6.07) is 26.0. The summed E-state index contributed by atoms with van der Waals surface area (Å²) < 4.78 is 1.40. The fraction of sp³-hybridized carbons (Fsp3) is 0.161. The van der Waals surface area contributed by atoms with Crippen molar-refractivity contribution in [1.82, 2.24) is 4.57 Å². The summed E-state index contributed by atoms with van der Waals surface area (Å²) in [5.41, 5.74) is 9.46. The third-order valence-corrected chi connectivity index (χ3v) is 7.02. The highest BCUT2D eigenvalue weighted by atomic mass is 16.3. The van der Waals surface area contributed by atoms with Gasteiger partial charge in [-0.2, -0.15) is 0 Å². The zero-order valence-corrected chi connectivity index (χ0v) is 21.6. The molecule has 1 aromatic heterocycles. The standard InChI is InChI=1S/C31H30N4O3/c1-34(2)21-16-14-19(15-17-21)25(33-24-12-7-9-20-8-6-11-23(32)28(20)24)18-27(36)29-30(37)22-10-4-5-13-26(22)35(3)31(29)38/h4-17,25,33,37H,18,32H2,1-3H3/t25-/m1/s1. The number of nitrogens with zero attached hydrogens (tertiary/aromatic N) is 2. The molecule has 5 rings (SSSR count). The van der Waals surface area contributed by atoms with Gasteiger partial charge in [-0.1, -0.05) is 48.5 Å². The molecule has 4 N–H and O–H groups in total. The van der Waals surface area contributed by atoms with Crippen LogP contribution >= 0.6 is 0 Å². The van der Waals surface area contributed by atoms with Crippen molar-refractivity contribution in [2.24, 2.45) is 7.05 Å². The third-order valence-electron chi connectivity index (χ3n) is 7.02. The second-order valence-electron chi connectivity index (χ2n) is 9.67. The summed E-state index contributed by atoms with van der Waals surface area (Å²) in [6.07, 6.45) is -0.0500. The molecule has 0 aliphatic rings. The molecule has 0 spiro atoms. The number of nitrogens with two attached hydrogens (primary N) is 1. The van der Waals surface area contributed by atoms with Crippen molar-refractivity contribution < 1.29 is 9.90 Å². The average molecular weight is 507 g/mol. The van der Waals surface area contributed by atoms with Gasteiger partial charge in [-0.05, 0) is 47.3 Å². The molecule has 7 heteroatoms. The minimum atomic E-state index is -0.526. The molecular formula is C31H30N4O3. The lowest BCUT2D eigenvalue weighted by Crippen LogP contribution is -2.27. The number of benzene rings is 4. The quantitative estimate of drug-likeness (QED) is 0.200. The van der Waals surface area contributed by atoms with E-state index in [2.05, 4.69) is 5.32 Å². The van der Waals surface area contributed by atoms with E-state index in [1.54, 1.807) is 31.3 Å². The Bertz CT molecular complexity index is 1720. The van der Waals surface area contributed by atoms with Crippen LogP contribution in [0.1, 0.15) is 28.4 Å². The maximum Gasteiger partial charge on any atom is 0.265 e. The number of hydrogen-bond donors (Lipinski definition) is 3. The first-order valence-electron chi connectivity index (χ1n) is 12.4. The zero-order valence-electron chi connectivity index (χ0n) is 21.6. The van der Waals surface area contributed by atoms with E-state index in [-0.39, 0.29) is 17.7 Å². The lowest BCUT2D eigenvalue weighted by Gasteiger charge is -2.23. The van der Waals surface area contributed by atoms with Gasteiger partial charge < -0.3 is 25.6 Å². The van der Waals surface area contributed by atoms with Crippen molar-refractivity contribution in [2.45, 2.75) is 12.5 Å². The zero-order chi connectivity index (χ0) is 27.0. The van der Waals surface area contributed by atoms with Gasteiger partial charge in [0.15, 0.2) is 5.78 Å². The predicted molar refractivity (Wildman–Crippen MR) is 155 cm³/mol. The van der Waals surface area contributed by atoms with Crippen LogP contribution in [0.5, 0.6) is 5.75 Å². The number of nitrogen functional groups attached to an aromatic ring is 1. The van der Waals surface area contributed by atoms with Crippen LogP contribution < -0.4 is 21.5 Å². The number of aromatic hydroxyl groups is 1. The Kier molecular flexibility index (Phi) is 6.51. The molecule has 7 nitrogen and oxygen atoms in total. The minimum Gasteiger partial charge on any atom is -0.506 e. The Morgan fingerprint density at radius 3 is 2.37 bits per heavy atom. The molecule has 0 radical (unpaired) electrons. The topological polar surface area (TPSA) is 101 Å². The van der Waals surface area contributed by atoms with E-state index in [9.17, 15) is 14.7 Å². The van der Waals surface area contributed by atoms with Crippen LogP contribution in [0.25, 0.3) is 21.7 Å². The molecule has 0 aliphatic carbocycles. The van der Waals surface area contributed by atoms with Crippen molar-refractivity contribution in [2.75, 3.05) is 30.0 Å². The first kappa shape index (κ1) is 24.9. The van der Waals surface area contributed by atoms with E-state index in [1.165, 1.54) is 4.57 Å². The number of ketones is 1. The minimum absolute atomic E-state index is 0.0500. The molecule has 1 atom stereocenters. The maximum absolute atomic E-state index is 13.7. The molecule has 0 unspecified atom stereocenters. The summed E-state index contributed by atoms with van der Waals surface area (Å²) in [5.74, 6) is -0.735. The number of nitrogens with one attached hydrogen (secondary N) is 1. The third kappa shape index (κ3) is 4.43. The van der Waals surface area contributed by atoms with Gasteiger partial charge in [-0.3, -0.25) is 9.59 Å². The van der Waals surface area contributed by atoms with Crippen molar-refractivity contribution in [3.8, 4) is 5.75 Å². The molecule has 1 heterocycles. The van der Waals surface area contributed by atoms with Crippen molar-refractivity contribution in [3.63, 3.8) is 0 Å². The van der Waals surface area contributed by atoms with E-state index in [4.69, 9.17) is 5.73 Å². The number of fused-ring (bicyclic) bond motifs is 2. The number of rotatable bonds is 7. The van der Waals surface area contributed by atoms with Crippen LogP contribution in [0.4, 0.5) is 17.1 Å². The average Bonchev–Trinajstić information content (AvgIpc) is 2.92. The summed E-state index contributed by atoms with van der Waals surface area (Å²) >= 11 is 0. The summed E-state index contributed by atoms with van der Waals surface area (Å²) in [7, 11) is 5.53. The van der Waals surface area contributed by atoms with E-state index >= 15 is 0 Å². The SMILES string of the molecule is CN(C)c1ccc([C@@H](CC(=O)c2c(O)c3ccccc3n(C)c2=O)Nc2cccc3cccc(N)c23)cc1. The van der Waals surface area contributed by atoms with E-state index < -0.39 is 17.4 Å². The molecule has 0 amide bonds. The number of carbonyl (C=O) groups is 1. The van der Waals surface area contributed by atoms with Gasteiger partial charge >= 0.3 is 0 Å². The molecule has 5 aromatic rings. The smallest absolute Gasteiger partial charge is 0.265 e. The number of pyridine rings is 1. The molecule has 192 valence electrons. The number of carbonyl (C=O) groups excluding carboxylic acids is 1. The van der Waals surface area contributed by atoms with E-state index in [1.807, 2.05) is 79.7 Å². The molecule has 0 bridgehead atoms. The summed E-state index contributed by atoms with van der Waals surface area (Å²) in [5, 5.41) is 16.8. The number of hydrogen-bond acceptors (Lipinski definition) is 6. The molecule has 0 fully saturated rings. The maximum atomic E-state index is 13.7. The van der Waals surface area contributed by atoms with Gasteiger partial charge in [0.05, 0.1) is 11.6 Å². The Balaban J connectivity index is 1.59. The lowest BCUT2D eigenvalue weighted by atomic mass is 9.95.